The molecule has 0 bridgehead atoms. The summed E-state index contributed by atoms with van der Waals surface area (Å²) in [5, 5.41) is 3.08. The van der Waals surface area contributed by atoms with E-state index in [9.17, 15) is 9.59 Å². The molecule has 1 fully saturated rings. The van der Waals surface area contributed by atoms with Gasteiger partial charge in [0.2, 0.25) is 5.91 Å². The van der Waals surface area contributed by atoms with Gasteiger partial charge in [0.25, 0.3) is 0 Å². The maximum absolute atomic E-state index is 13.1. The zero-order valence-electron chi connectivity index (χ0n) is 23.6. The summed E-state index contributed by atoms with van der Waals surface area (Å²) in [5.74, 6) is 0.534. The van der Waals surface area contributed by atoms with Gasteiger partial charge in [0.1, 0.15) is 11.3 Å². The summed E-state index contributed by atoms with van der Waals surface area (Å²) in [6.45, 7) is 2.00. The van der Waals surface area contributed by atoms with Gasteiger partial charge in [-0.1, -0.05) is 30.3 Å². The number of carbonyl (C=O) groups is 2. The van der Waals surface area contributed by atoms with Crippen LogP contribution < -0.4 is 11.1 Å². The van der Waals surface area contributed by atoms with Gasteiger partial charge in [0.05, 0.1) is 30.0 Å². The molecule has 212 valence electrons. The lowest BCUT2D eigenvalue weighted by molar-refractivity contribution is -0.147. The molecule has 3 N–H and O–H groups in total. The van der Waals surface area contributed by atoms with Crippen molar-refractivity contribution in [3.05, 3.63) is 84.6 Å². The number of fused-ring (bicyclic) bond motifs is 1. The molecule has 1 saturated carbocycles. The molecule has 5 aromatic rings. The first-order chi connectivity index (χ1) is 20.4. The van der Waals surface area contributed by atoms with Crippen molar-refractivity contribution in [3.63, 3.8) is 0 Å². The van der Waals surface area contributed by atoms with Crippen molar-refractivity contribution in [2.45, 2.75) is 32.6 Å². The fourth-order valence-electron chi connectivity index (χ4n) is 5.73. The van der Waals surface area contributed by atoms with Gasteiger partial charge in [0, 0.05) is 23.4 Å². The van der Waals surface area contributed by atoms with Gasteiger partial charge in [-0.15, -0.1) is 0 Å². The summed E-state index contributed by atoms with van der Waals surface area (Å²) < 4.78 is 6.88. The quantitative estimate of drug-likeness (QED) is 0.246. The van der Waals surface area contributed by atoms with E-state index in [0.29, 0.717) is 54.2 Å². The van der Waals surface area contributed by atoms with Crippen LogP contribution in [0.5, 0.6) is 0 Å². The minimum atomic E-state index is -0.190. The molecule has 0 saturated heterocycles. The molecule has 0 radical (unpaired) electrons. The Labute approximate surface area is 243 Å². The Morgan fingerprint density at radius 3 is 2.40 bits per heavy atom. The highest BCUT2D eigenvalue weighted by Crippen LogP contribution is 2.34. The topological polar surface area (TPSA) is 125 Å². The van der Waals surface area contributed by atoms with Crippen molar-refractivity contribution < 1.29 is 14.3 Å². The van der Waals surface area contributed by atoms with E-state index < -0.39 is 0 Å². The highest BCUT2D eigenvalue weighted by molar-refractivity contribution is 5.93. The van der Waals surface area contributed by atoms with Crippen molar-refractivity contribution in [3.8, 4) is 28.3 Å². The van der Waals surface area contributed by atoms with Crippen molar-refractivity contribution in [1.82, 2.24) is 19.5 Å². The summed E-state index contributed by atoms with van der Waals surface area (Å²) in [5.41, 5.74) is 12.8. The number of rotatable bonds is 6. The third-order valence-corrected chi connectivity index (χ3v) is 7.99. The number of hydrogen-bond donors (Lipinski definition) is 2. The number of carbonyl (C=O) groups excluding carboxylic acids is 2. The van der Waals surface area contributed by atoms with Crippen molar-refractivity contribution in [2.75, 3.05) is 18.2 Å². The van der Waals surface area contributed by atoms with Crippen LogP contribution in [0.1, 0.15) is 31.2 Å². The largest absolute Gasteiger partial charge is 0.469 e. The number of esters is 1. The standard InChI is InChI=1S/C33H32N6O3/c1-20-19-24(36-32(40)22-10-12-23(13-11-22)33(41)42-2)14-17-28(20)39-30(25-9-6-18-35-29(25)34)38-27-16-15-26(37-31(27)39)21-7-4-3-5-8-21/h3-9,14-19,22-23H,10-13H2,1-2H3,(H2,34,35)(H,36,40). The number of benzene rings is 2. The van der Waals surface area contributed by atoms with Crippen molar-refractivity contribution in [2.24, 2.45) is 11.8 Å². The second kappa shape index (κ2) is 11.4. The zero-order valence-corrected chi connectivity index (χ0v) is 23.6. The molecule has 6 rings (SSSR count). The van der Waals surface area contributed by atoms with Crippen LogP contribution in [0.3, 0.4) is 0 Å². The molecule has 9 nitrogen and oxygen atoms in total. The smallest absolute Gasteiger partial charge is 0.308 e. The number of nitrogens with one attached hydrogen (secondary N) is 1. The second-order valence-electron chi connectivity index (χ2n) is 10.7. The summed E-state index contributed by atoms with van der Waals surface area (Å²) in [6, 6.07) is 23.5. The number of hydrogen-bond acceptors (Lipinski definition) is 7. The maximum Gasteiger partial charge on any atom is 0.308 e. The van der Waals surface area contributed by atoms with E-state index in [1.54, 1.807) is 6.20 Å². The first-order valence-electron chi connectivity index (χ1n) is 14.1. The fraction of sp³-hybridized carbons (Fsp3) is 0.242. The van der Waals surface area contributed by atoms with Crippen molar-refractivity contribution in [1.29, 1.82) is 0 Å². The number of nitrogen functional groups attached to an aromatic ring is 1. The Balaban J connectivity index is 1.35. The molecular formula is C33H32N6O3. The van der Waals surface area contributed by atoms with E-state index in [4.69, 9.17) is 20.4 Å². The summed E-state index contributed by atoms with van der Waals surface area (Å²) >= 11 is 0. The van der Waals surface area contributed by atoms with Crippen LogP contribution in [0.4, 0.5) is 11.5 Å². The number of methoxy groups -OCH3 is 1. The zero-order chi connectivity index (χ0) is 29.2. The highest BCUT2D eigenvalue weighted by atomic mass is 16.5. The van der Waals surface area contributed by atoms with Gasteiger partial charge in [-0.3, -0.25) is 14.2 Å². The lowest BCUT2D eigenvalue weighted by Crippen LogP contribution is -2.30. The third-order valence-electron chi connectivity index (χ3n) is 7.99. The number of aromatic nitrogens is 4. The molecule has 3 heterocycles. The molecule has 1 aliphatic rings. The highest BCUT2D eigenvalue weighted by Gasteiger charge is 2.30. The number of nitrogens with two attached hydrogens (primary N) is 1. The number of ether oxygens (including phenoxy) is 1. The minimum Gasteiger partial charge on any atom is -0.469 e. The Morgan fingerprint density at radius 2 is 1.69 bits per heavy atom. The Morgan fingerprint density at radius 1 is 0.929 bits per heavy atom. The van der Waals surface area contributed by atoms with Crippen LogP contribution in [0, 0.1) is 18.8 Å². The fourth-order valence-corrected chi connectivity index (χ4v) is 5.73. The van der Waals surface area contributed by atoms with Crippen LogP contribution in [-0.4, -0.2) is 38.5 Å². The van der Waals surface area contributed by atoms with Gasteiger partial charge in [-0.2, -0.15) is 0 Å². The third kappa shape index (κ3) is 5.21. The van der Waals surface area contributed by atoms with Crippen LogP contribution in [0.2, 0.25) is 0 Å². The first-order valence-corrected chi connectivity index (χ1v) is 14.1. The molecule has 3 aromatic heterocycles. The van der Waals surface area contributed by atoms with E-state index in [1.165, 1.54) is 7.11 Å². The van der Waals surface area contributed by atoms with E-state index in [1.807, 2.05) is 84.3 Å². The Hall–Kier alpha value is -5.05. The monoisotopic (exact) mass is 560 g/mol. The van der Waals surface area contributed by atoms with Gasteiger partial charge in [0.15, 0.2) is 11.5 Å². The average Bonchev–Trinajstić information content (AvgIpc) is 3.39. The molecule has 0 unspecified atom stereocenters. The van der Waals surface area contributed by atoms with E-state index in [0.717, 1.165) is 28.0 Å². The molecule has 0 atom stereocenters. The van der Waals surface area contributed by atoms with Crippen LogP contribution in [0.15, 0.2) is 79.0 Å². The number of pyridine rings is 2. The minimum absolute atomic E-state index is 0.0310. The van der Waals surface area contributed by atoms with Crippen LogP contribution in [0.25, 0.3) is 39.5 Å². The second-order valence-corrected chi connectivity index (χ2v) is 10.7. The van der Waals surface area contributed by atoms with E-state index in [-0.39, 0.29) is 23.7 Å². The molecule has 9 heteroatoms. The Kier molecular flexibility index (Phi) is 7.39. The SMILES string of the molecule is COC(=O)C1CCC(C(=O)Nc2ccc(-n3c(-c4cccnc4N)nc4ccc(-c5ccccc5)nc43)c(C)c2)CC1. The summed E-state index contributed by atoms with van der Waals surface area (Å²) in [7, 11) is 1.41. The van der Waals surface area contributed by atoms with Crippen molar-refractivity contribution >= 4 is 34.5 Å². The lowest BCUT2D eigenvalue weighted by Gasteiger charge is -2.26. The number of aryl methyl sites for hydroxylation is 1. The molecule has 1 amide bonds. The first kappa shape index (κ1) is 27.1. The van der Waals surface area contributed by atoms with Gasteiger partial charge in [-0.05, 0) is 80.6 Å². The van der Waals surface area contributed by atoms with Gasteiger partial charge >= 0.3 is 5.97 Å². The van der Waals surface area contributed by atoms with Crippen LogP contribution in [-0.2, 0) is 14.3 Å². The normalized spacial score (nSPS) is 16.7. The predicted molar refractivity (Wildman–Crippen MR) is 163 cm³/mol. The molecule has 0 spiro atoms. The van der Waals surface area contributed by atoms with Gasteiger partial charge in [-0.25, -0.2) is 15.0 Å². The molecule has 0 aliphatic heterocycles. The summed E-state index contributed by atoms with van der Waals surface area (Å²) in [6.07, 6.45) is 4.30. The number of imidazole rings is 1. The maximum atomic E-state index is 13.1. The van der Waals surface area contributed by atoms with E-state index >= 15 is 0 Å². The van der Waals surface area contributed by atoms with Crippen LogP contribution >= 0.6 is 0 Å². The number of nitrogens with zero attached hydrogens (tertiary/aromatic N) is 4. The molecule has 1 aliphatic carbocycles. The summed E-state index contributed by atoms with van der Waals surface area (Å²) in [4.78, 5) is 39.2. The molecular weight excluding hydrogens is 528 g/mol. The average molecular weight is 561 g/mol. The molecule has 42 heavy (non-hydrogen) atoms. The number of anilines is 2. The Bertz CT molecular complexity index is 1770. The molecule has 2 aromatic carbocycles. The predicted octanol–water partition coefficient (Wildman–Crippen LogP) is 5.96. The van der Waals surface area contributed by atoms with E-state index in [2.05, 4.69) is 10.3 Å². The van der Waals surface area contributed by atoms with Gasteiger partial charge < -0.3 is 15.8 Å². The lowest BCUT2D eigenvalue weighted by atomic mass is 9.81. The number of amides is 1.